The number of rotatable bonds is 1. The number of fused-ring (bicyclic) bond motifs is 1. The fourth-order valence-electron chi connectivity index (χ4n) is 1.27. The van der Waals surface area contributed by atoms with Crippen LogP contribution in [0, 0.1) is 5.92 Å². The van der Waals surface area contributed by atoms with E-state index in [-0.39, 0.29) is 5.84 Å². The van der Waals surface area contributed by atoms with Gasteiger partial charge in [0.2, 0.25) is 0 Å². The predicted molar refractivity (Wildman–Crippen MR) is 47.1 cm³/mol. The molecule has 2 heterocycles. The summed E-state index contributed by atoms with van der Waals surface area (Å²) in [7, 11) is 0. The topological polar surface area (TPSA) is 66.8 Å². The van der Waals surface area contributed by atoms with Crippen molar-refractivity contribution in [2.45, 2.75) is 0 Å². The number of amides is 2. The van der Waals surface area contributed by atoms with E-state index in [0.717, 1.165) is 0 Å². The zero-order valence-electron chi connectivity index (χ0n) is 7.08. The van der Waals surface area contributed by atoms with Gasteiger partial charge >= 0.3 is 0 Å². The molecule has 0 radical (unpaired) electrons. The molecular formula is C9H6N2O3. The van der Waals surface area contributed by atoms with Crippen molar-refractivity contribution in [2.24, 2.45) is 10.9 Å². The Labute approximate surface area is 79.4 Å². The molecule has 1 unspecified atom stereocenters. The molecule has 0 aromatic carbocycles. The van der Waals surface area contributed by atoms with Gasteiger partial charge in [-0.3, -0.25) is 14.5 Å². The molecule has 1 atom stereocenters. The van der Waals surface area contributed by atoms with Gasteiger partial charge in [-0.15, -0.1) is 0 Å². The number of carbonyl (C=O) groups is 3. The second kappa shape index (κ2) is 3.02. The molecule has 0 aromatic rings. The molecule has 5 heteroatoms. The Bertz CT molecular complexity index is 406. The van der Waals surface area contributed by atoms with Gasteiger partial charge in [0.05, 0.1) is 0 Å². The lowest BCUT2D eigenvalue weighted by Gasteiger charge is -2.25. The van der Waals surface area contributed by atoms with Crippen molar-refractivity contribution in [3.63, 3.8) is 0 Å². The fraction of sp³-hybridized carbons (Fsp3) is 0.111. The molecule has 5 nitrogen and oxygen atoms in total. The lowest BCUT2D eigenvalue weighted by Crippen LogP contribution is -2.45. The molecule has 14 heavy (non-hydrogen) atoms. The van der Waals surface area contributed by atoms with Crippen LogP contribution in [0.4, 0.5) is 0 Å². The van der Waals surface area contributed by atoms with Crippen LogP contribution >= 0.6 is 0 Å². The van der Waals surface area contributed by atoms with E-state index in [1.54, 1.807) is 12.2 Å². The normalized spacial score (nSPS) is 24.7. The summed E-state index contributed by atoms with van der Waals surface area (Å²) in [6.45, 7) is 0. The van der Waals surface area contributed by atoms with Crippen molar-refractivity contribution in [1.82, 2.24) is 4.90 Å². The highest BCUT2D eigenvalue weighted by molar-refractivity contribution is 6.25. The Morgan fingerprint density at radius 1 is 1.36 bits per heavy atom. The van der Waals surface area contributed by atoms with E-state index in [0.29, 0.717) is 6.29 Å². The predicted octanol–water partition coefficient (Wildman–Crippen LogP) is -0.348. The second-order valence-corrected chi connectivity index (χ2v) is 2.83. The molecule has 0 saturated heterocycles. The van der Waals surface area contributed by atoms with Gasteiger partial charge in [0.1, 0.15) is 12.1 Å². The molecule has 0 saturated carbocycles. The molecule has 2 aliphatic heterocycles. The third-order valence-electron chi connectivity index (χ3n) is 1.97. The first-order chi connectivity index (χ1) is 6.74. The minimum atomic E-state index is -1.28. The molecule has 0 bridgehead atoms. The number of allylic oxidation sites excluding steroid dienone is 2. The van der Waals surface area contributed by atoms with E-state index in [1.165, 1.54) is 17.2 Å². The average Bonchev–Trinajstić information content (AvgIpc) is 2.18. The van der Waals surface area contributed by atoms with Crippen LogP contribution in [-0.4, -0.2) is 28.8 Å². The Morgan fingerprint density at radius 3 is 2.86 bits per heavy atom. The maximum atomic E-state index is 11.5. The number of hydrogen-bond acceptors (Lipinski definition) is 3. The maximum absolute atomic E-state index is 11.5. The van der Waals surface area contributed by atoms with Crippen LogP contribution in [0.2, 0.25) is 0 Å². The maximum Gasteiger partial charge on any atom is 0.267 e. The van der Waals surface area contributed by atoms with Gasteiger partial charge in [0.15, 0.2) is 5.92 Å². The molecule has 0 aliphatic carbocycles. The molecule has 0 aromatic heterocycles. The first kappa shape index (κ1) is 8.55. The Hall–Kier alpha value is -2.04. The summed E-state index contributed by atoms with van der Waals surface area (Å²) in [5.74, 6) is -2.26. The quantitative estimate of drug-likeness (QED) is 0.419. The van der Waals surface area contributed by atoms with E-state index < -0.39 is 17.7 Å². The summed E-state index contributed by atoms with van der Waals surface area (Å²) in [5.41, 5.74) is 0. The fourth-order valence-corrected chi connectivity index (χ4v) is 1.27. The number of amidine groups is 1. The molecular weight excluding hydrogens is 184 g/mol. The van der Waals surface area contributed by atoms with Crippen LogP contribution in [0.25, 0.3) is 0 Å². The number of hydrogen-bond donors (Lipinski definition) is 0. The first-order valence-electron chi connectivity index (χ1n) is 4.00. The van der Waals surface area contributed by atoms with Crippen LogP contribution in [0.5, 0.6) is 0 Å². The average molecular weight is 190 g/mol. The van der Waals surface area contributed by atoms with Gasteiger partial charge in [-0.05, 0) is 12.2 Å². The highest BCUT2D eigenvalue weighted by Gasteiger charge is 2.36. The molecule has 2 rings (SSSR count). The van der Waals surface area contributed by atoms with Crippen molar-refractivity contribution in [3.05, 3.63) is 24.4 Å². The van der Waals surface area contributed by atoms with Crippen molar-refractivity contribution in [2.75, 3.05) is 0 Å². The van der Waals surface area contributed by atoms with E-state index in [1.807, 2.05) is 0 Å². The minimum absolute atomic E-state index is 0.264. The van der Waals surface area contributed by atoms with E-state index in [4.69, 9.17) is 0 Å². The van der Waals surface area contributed by atoms with Crippen LogP contribution in [0.1, 0.15) is 0 Å². The molecule has 0 N–H and O–H groups in total. The number of aliphatic imine (C=N–C) groups is 1. The van der Waals surface area contributed by atoms with Gasteiger partial charge in [-0.2, -0.15) is 4.99 Å². The highest BCUT2D eigenvalue weighted by Crippen LogP contribution is 2.15. The number of carbonyl (C=O) groups excluding carboxylic acids is 3. The lowest BCUT2D eigenvalue weighted by molar-refractivity contribution is -0.140. The van der Waals surface area contributed by atoms with E-state index >= 15 is 0 Å². The zero-order chi connectivity index (χ0) is 10.1. The Morgan fingerprint density at radius 2 is 2.14 bits per heavy atom. The van der Waals surface area contributed by atoms with Crippen molar-refractivity contribution in [1.29, 1.82) is 0 Å². The van der Waals surface area contributed by atoms with Crippen LogP contribution < -0.4 is 0 Å². The summed E-state index contributed by atoms with van der Waals surface area (Å²) in [6, 6.07) is 0. The van der Waals surface area contributed by atoms with Crippen LogP contribution in [-0.2, 0) is 14.4 Å². The summed E-state index contributed by atoms with van der Waals surface area (Å²) >= 11 is 0. The van der Waals surface area contributed by atoms with Crippen molar-refractivity contribution in [3.8, 4) is 0 Å². The molecule has 2 aliphatic rings. The van der Waals surface area contributed by atoms with Gasteiger partial charge in [0, 0.05) is 6.20 Å². The third-order valence-corrected chi connectivity index (χ3v) is 1.97. The van der Waals surface area contributed by atoms with Crippen LogP contribution in [0.3, 0.4) is 0 Å². The standard InChI is InChI=1S/C9H6N2O3/c12-5-6-8(13)10-7-3-1-2-4-11(7)9(6)14/h1-6H. The van der Waals surface area contributed by atoms with Gasteiger partial charge in [-0.25, -0.2) is 0 Å². The highest BCUT2D eigenvalue weighted by atomic mass is 16.2. The van der Waals surface area contributed by atoms with E-state index in [9.17, 15) is 14.4 Å². The smallest absolute Gasteiger partial charge is 0.267 e. The summed E-state index contributed by atoms with van der Waals surface area (Å²) in [5, 5.41) is 0. The zero-order valence-corrected chi connectivity index (χ0v) is 7.08. The van der Waals surface area contributed by atoms with Gasteiger partial charge < -0.3 is 4.79 Å². The van der Waals surface area contributed by atoms with Gasteiger partial charge in [0.25, 0.3) is 11.8 Å². The van der Waals surface area contributed by atoms with Gasteiger partial charge in [-0.1, -0.05) is 6.08 Å². The third kappa shape index (κ3) is 1.10. The Balaban J connectivity index is 2.46. The SMILES string of the molecule is O=CC1C(=O)N=C2C=CC=CN2C1=O. The molecule has 0 spiro atoms. The number of aldehydes is 1. The Kier molecular flexibility index (Phi) is 1.85. The largest absolute Gasteiger partial charge is 0.302 e. The monoisotopic (exact) mass is 190 g/mol. The summed E-state index contributed by atoms with van der Waals surface area (Å²) < 4.78 is 0. The van der Waals surface area contributed by atoms with Crippen molar-refractivity contribution >= 4 is 23.9 Å². The molecule has 70 valence electrons. The second-order valence-electron chi connectivity index (χ2n) is 2.83. The lowest BCUT2D eigenvalue weighted by atomic mass is 10.1. The molecule has 2 amide bonds. The molecule has 0 fully saturated rings. The minimum Gasteiger partial charge on any atom is -0.302 e. The van der Waals surface area contributed by atoms with Crippen molar-refractivity contribution < 1.29 is 14.4 Å². The van der Waals surface area contributed by atoms with E-state index in [2.05, 4.69) is 4.99 Å². The van der Waals surface area contributed by atoms with Crippen LogP contribution in [0.15, 0.2) is 29.4 Å². The summed E-state index contributed by atoms with van der Waals surface area (Å²) in [4.78, 5) is 38.0. The number of nitrogens with zero attached hydrogens (tertiary/aromatic N) is 2. The first-order valence-corrected chi connectivity index (χ1v) is 4.00. The summed E-state index contributed by atoms with van der Waals surface area (Å²) in [6.07, 6.45) is 6.63.